The number of hydrogen-bond acceptors (Lipinski definition) is 3. The van der Waals surface area contributed by atoms with Crippen molar-refractivity contribution < 1.29 is 14.3 Å². The van der Waals surface area contributed by atoms with Crippen LogP contribution in [0, 0.1) is 6.92 Å². The van der Waals surface area contributed by atoms with E-state index in [9.17, 15) is 9.59 Å². The summed E-state index contributed by atoms with van der Waals surface area (Å²) in [4.78, 5) is 25.3. The molecule has 0 saturated heterocycles. The lowest BCUT2D eigenvalue weighted by molar-refractivity contribution is 0.0252. The van der Waals surface area contributed by atoms with Crippen LogP contribution in [0.15, 0.2) is 66.7 Å². The van der Waals surface area contributed by atoms with Gasteiger partial charge in [0.15, 0.2) is 0 Å². The average molecular weight is 385 g/mol. The second-order valence-electron chi connectivity index (χ2n) is 7.35. The fraction of sp³-hybridized carbons (Fsp3) is 0.200. The second kappa shape index (κ2) is 7.92. The minimum atomic E-state index is -0.347. The number of hydrogen-bond donors (Lipinski definition) is 1. The Bertz CT molecular complexity index is 1070. The number of cyclic esters (lactones) is 1. The Morgan fingerprint density at radius 2 is 1.83 bits per heavy atom. The van der Waals surface area contributed by atoms with Crippen molar-refractivity contribution in [2.75, 3.05) is 5.32 Å². The second-order valence-corrected chi connectivity index (χ2v) is 7.35. The Balaban J connectivity index is 1.59. The summed E-state index contributed by atoms with van der Waals surface area (Å²) in [5, 5.41) is 2.99. The number of carbonyl (C=O) groups excluding carboxylic acids is 2. The predicted octanol–water partition coefficient (Wildman–Crippen LogP) is 5.26. The minimum absolute atomic E-state index is 0.181. The van der Waals surface area contributed by atoms with Crippen LogP contribution in [-0.2, 0) is 17.6 Å². The number of amides is 1. The number of esters is 1. The van der Waals surface area contributed by atoms with Crippen molar-refractivity contribution in [3.05, 3.63) is 100 Å². The molecule has 1 heterocycles. The zero-order valence-electron chi connectivity index (χ0n) is 16.6. The van der Waals surface area contributed by atoms with Crippen LogP contribution in [0.25, 0.3) is 0 Å². The van der Waals surface area contributed by atoms with E-state index in [-0.39, 0.29) is 18.0 Å². The van der Waals surface area contributed by atoms with Crippen LogP contribution in [0.2, 0.25) is 0 Å². The summed E-state index contributed by atoms with van der Waals surface area (Å²) in [5.74, 6) is -0.528. The molecular weight excluding hydrogens is 362 g/mol. The molecule has 1 aliphatic rings. The molecule has 3 aromatic rings. The van der Waals surface area contributed by atoms with E-state index >= 15 is 0 Å². The van der Waals surface area contributed by atoms with E-state index < -0.39 is 0 Å². The Morgan fingerprint density at radius 1 is 1.07 bits per heavy atom. The number of aryl methyl sites for hydroxylation is 2. The van der Waals surface area contributed by atoms with Gasteiger partial charge in [-0.25, -0.2) is 4.79 Å². The Kier molecular flexibility index (Phi) is 5.17. The van der Waals surface area contributed by atoms with Gasteiger partial charge in [-0.15, -0.1) is 0 Å². The minimum Gasteiger partial charge on any atom is -0.454 e. The zero-order chi connectivity index (χ0) is 20.4. The zero-order valence-corrected chi connectivity index (χ0v) is 16.6. The number of para-hydroxylation sites is 1. The summed E-state index contributed by atoms with van der Waals surface area (Å²) >= 11 is 0. The van der Waals surface area contributed by atoms with Crippen LogP contribution >= 0.6 is 0 Å². The normalized spacial score (nSPS) is 15.4. The van der Waals surface area contributed by atoms with Crippen molar-refractivity contribution in [1.29, 1.82) is 0 Å². The number of rotatable bonds is 4. The highest BCUT2D eigenvalue weighted by atomic mass is 16.5. The molecule has 0 fully saturated rings. The summed E-state index contributed by atoms with van der Waals surface area (Å²) < 4.78 is 5.63. The van der Waals surface area contributed by atoms with E-state index in [1.807, 2.05) is 55.5 Å². The van der Waals surface area contributed by atoms with E-state index in [0.29, 0.717) is 17.5 Å². The molecule has 0 unspecified atom stereocenters. The lowest BCUT2D eigenvalue weighted by atomic mass is 9.92. The summed E-state index contributed by atoms with van der Waals surface area (Å²) in [5.41, 5.74) is 5.91. The van der Waals surface area contributed by atoms with Gasteiger partial charge in [-0.3, -0.25) is 4.79 Å². The molecule has 0 radical (unpaired) electrons. The van der Waals surface area contributed by atoms with Crippen molar-refractivity contribution >= 4 is 17.6 Å². The topological polar surface area (TPSA) is 55.4 Å². The smallest absolute Gasteiger partial charge is 0.339 e. The summed E-state index contributed by atoms with van der Waals surface area (Å²) in [6.45, 7) is 4.08. The van der Waals surface area contributed by atoms with Crippen LogP contribution in [0.4, 0.5) is 5.69 Å². The summed E-state index contributed by atoms with van der Waals surface area (Å²) in [6, 6.07) is 20.9. The van der Waals surface area contributed by atoms with Crippen molar-refractivity contribution in [3.63, 3.8) is 0 Å². The molecule has 0 aromatic heterocycles. The monoisotopic (exact) mass is 385 g/mol. The van der Waals surface area contributed by atoms with Gasteiger partial charge in [0.05, 0.1) is 5.56 Å². The Morgan fingerprint density at radius 3 is 2.59 bits per heavy atom. The van der Waals surface area contributed by atoms with Crippen molar-refractivity contribution in [3.8, 4) is 0 Å². The first-order chi connectivity index (χ1) is 14.0. The highest BCUT2D eigenvalue weighted by molar-refractivity contribution is 6.05. The first-order valence-electron chi connectivity index (χ1n) is 9.85. The van der Waals surface area contributed by atoms with E-state index in [1.165, 1.54) is 0 Å². The maximum atomic E-state index is 12.8. The molecule has 0 aliphatic carbocycles. The number of fused-ring (bicyclic) bond motifs is 1. The van der Waals surface area contributed by atoms with Crippen LogP contribution in [0.3, 0.4) is 0 Å². The van der Waals surface area contributed by atoms with Crippen molar-refractivity contribution in [2.24, 2.45) is 0 Å². The van der Waals surface area contributed by atoms with Gasteiger partial charge in [0.25, 0.3) is 5.91 Å². The average Bonchev–Trinajstić information content (AvgIpc) is 2.74. The van der Waals surface area contributed by atoms with Crippen LogP contribution in [-0.4, -0.2) is 11.9 Å². The first-order valence-corrected chi connectivity index (χ1v) is 9.85. The molecule has 1 aliphatic heterocycles. The van der Waals surface area contributed by atoms with Crippen LogP contribution in [0.1, 0.15) is 56.0 Å². The predicted molar refractivity (Wildman–Crippen MR) is 113 cm³/mol. The number of carbonyl (C=O) groups is 2. The molecule has 0 spiro atoms. The Labute approximate surface area is 170 Å². The quantitative estimate of drug-likeness (QED) is 0.623. The third kappa shape index (κ3) is 3.92. The third-order valence-corrected chi connectivity index (χ3v) is 5.34. The van der Waals surface area contributed by atoms with Gasteiger partial charge in [-0.1, -0.05) is 55.0 Å². The van der Waals surface area contributed by atoms with E-state index in [2.05, 4.69) is 12.2 Å². The molecule has 4 nitrogen and oxygen atoms in total. The van der Waals surface area contributed by atoms with Gasteiger partial charge in [0.1, 0.15) is 6.10 Å². The third-order valence-electron chi connectivity index (χ3n) is 5.34. The van der Waals surface area contributed by atoms with Gasteiger partial charge >= 0.3 is 5.97 Å². The molecule has 29 heavy (non-hydrogen) atoms. The fourth-order valence-electron chi connectivity index (χ4n) is 3.65. The highest BCUT2D eigenvalue weighted by Crippen LogP contribution is 2.31. The van der Waals surface area contributed by atoms with E-state index in [4.69, 9.17) is 4.74 Å². The maximum Gasteiger partial charge on any atom is 0.339 e. The fourth-order valence-corrected chi connectivity index (χ4v) is 3.65. The van der Waals surface area contributed by atoms with Gasteiger partial charge in [-0.05, 0) is 54.3 Å². The number of benzene rings is 3. The summed E-state index contributed by atoms with van der Waals surface area (Å²) in [6.07, 6.45) is 1.05. The SMILES string of the molecule is CCc1ccccc1NC(=O)c1ccc2c(c1)C[C@@H](c1ccc(C)cc1)OC2=O. The molecule has 4 heteroatoms. The van der Waals surface area contributed by atoms with E-state index in [0.717, 1.165) is 34.4 Å². The number of anilines is 1. The number of nitrogens with one attached hydrogen (secondary N) is 1. The van der Waals surface area contributed by atoms with Crippen LogP contribution < -0.4 is 5.32 Å². The van der Waals surface area contributed by atoms with Gasteiger partial charge in [-0.2, -0.15) is 0 Å². The molecule has 1 amide bonds. The van der Waals surface area contributed by atoms with Crippen molar-refractivity contribution in [2.45, 2.75) is 32.8 Å². The largest absolute Gasteiger partial charge is 0.454 e. The van der Waals surface area contributed by atoms with Crippen molar-refractivity contribution in [1.82, 2.24) is 0 Å². The first kappa shape index (κ1) is 18.9. The van der Waals surface area contributed by atoms with Crippen LogP contribution in [0.5, 0.6) is 0 Å². The Hall–Kier alpha value is -3.40. The lowest BCUT2D eigenvalue weighted by Crippen LogP contribution is -2.23. The standard InChI is InChI=1S/C25H23NO3/c1-3-17-6-4-5-7-22(17)26-24(27)19-12-13-21-20(14-19)15-23(29-25(21)28)18-10-8-16(2)9-11-18/h4-14,23H,3,15H2,1-2H3,(H,26,27)/t23-/m0/s1. The van der Waals surface area contributed by atoms with Gasteiger partial charge < -0.3 is 10.1 Å². The maximum absolute atomic E-state index is 12.8. The van der Waals surface area contributed by atoms with E-state index in [1.54, 1.807) is 18.2 Å². The number of ether oxygens (including phenoxy) is 1. The molecular formula is C25H23NO3. The summed E-state index contributed by atoms with van der Waals surface area (Å²) in [7, 11) is 0. The molecule has 146 valence electrons. The highest BCUT2D eigenvalue weighted by Gasteiger charge is 2.28. The molecule has 0 saturated carbocycles. The molecule has 1 N–H and O–H groups in total. The van der Waals surface area contributed by atoms with Gasteiger partial charge in [0, 0.05) is 17.7 Å². The molecule has 3 aromatic carbocycles. The lowest BCUT2D eigenvalue weighted by Gasteiger charge is -2.25. The van der Waals surface area contributed by atoms with Gasteiger partial charge in [0.2, 0.25) is 0 Å². The molecule has 4 rings (SSSR count). The molecule has 0 bridgehead atoms. The molecule has 1 atom stereocenters.